The number of anilines is 2. The molecule has 1 aromatic heterocycles. The molecule has 0 spiro atoms. The molecule has 0 aliphatic heterocycles. The molecule has 1 amide bonds. The lowest BCUT2D eigenvalue weighted by Crippen LogP contribution is -2.48. The van der Waals surface area contributed by atoms with Gasteiger partial charge < -0.3 is 15.2 Å². The fourth-order valence-corrected chi connectivity index (χ4v) is 4.40. The predicted molar refractivity (Wildman–Crippen MR) is 128 cm³/mol. The van der Waals surface area contributed by atoms with Gasteiger partial charge in [0.05, 0.1) is 29.2 Å². The van der Waals surface area contributed by atoms with Crippen molar-refractivity contribution < 1.29 is 27.9 Å². The van der Waals surface area contributed by atoms with Gasteiger partial charge >= 0.3 is 5.97 Å². The van der Waals surface area contributed by atoms with Gasteiger partial charge in [-0.05, 0) is 37.3 Å². The van der Waals surface area contributed by atoms with Gasteiger partial charge in [-0.3, -0.25) is 14.6 Å². The average Bonchev–Trinajstić information content (AvgIpc) is 2.86. The molecule has 0 radical (unpaired) electrons. The molecule has 0 unspecified atom stereocenters. The van der Waals surface area contributed by atoms with Gasteiger partial charge in [0.25, 0.3) is 15.9 Å². The first-order chi connectivity index (χ1) is 16.8. The van der Waals surface area contributed by atoms with Crippen LogP contribution < -0.4 is 10.1 Å². The van der Waals surface area contributed by atoms with Crippen LogP contribution in [0.15, 0.2) is 71.9 Å². The van der Waals surface area contributed by atoms with Gasteiger partial charge in [0, 0.05) is 26.0 Å². The minimum Gasteiger partial charge on any atom is -0.492 e. The van der Waals surface area contributed by atoms with Crippen molar-refractivity contribution >= 4 is 33.5 Å². The highest BCUT2D eigenvalue weighted by molar-refractivity contribution is 7.89. The van der Waals surface area contributed by atoms with Crippen LogP contribution in [0.5, 0.6) is 5.75 Å². The molecular formula is C23H25N5O6S. The molecular weight excluding hydrogens is 474 g/mol. The van der Waals surface area contributed by atoms with Crippen LogP contribution in [0.3, 0.4) is 0 Å². The summed E-state index contributed by atoms with van der Waals surface area (Å²) in [6.45, 7) is 1.68. The number of rotatable bonds is 11. The molecule has 0 saturated heterocycles. The Balaban J connectivity index is 2.07. The summed E-state index contributed by atoms with van der Waals surface area (Å²) < 4.78 is 32.9. The Morgan fingerprint density at radius 3 is 2.34 bits per heavy atom. The van der Waals surface area contributed by atoms with Crippen LogP contribution in [-0.4, -0.2) is 65.0 Å². The first-order valence-electron chi connectivity index (χ1n) is 10.6. The van der Waals surface area contributed by atoms with E-state index in [2.05, 4.69) is 15.3 Å². The number of hydrogen-bond acceptors (Lipinski definition) is 8. The highest BCUT2D eigenvalue weighted by atomic mass is 32.2. The summed E-state index contributed by atoms with van der Waals surface area (Å²) in [6.07, 6.45) is 2.55. The quantitative estimate of drug-likeness (QED) is 0.381. The van der Waals surface area contributed by atoms with Crippen molar-refractivity contribution in [2.24, 2.45) is 0 Å². The summed E-state index contributed by atoms with van der Waals surface area (Å²) in [4.78, 5) is 33.2. The molecule has 0 saturated carbocycles. The van der Waals surface area contributed by atoms with Crippen LogP contribution >= 0.6 is 0 Å². The summed E-state index contributed by atoms with van der Waals surface area (Å²) in [6, 6.07) is 13.9. The van der Waals surface area contributed by atoms with Gasteiger partial charge in [-0.15, -0.1) is 4.41 Å². The summed E-state index contributed by atoms with van der Waals surface area (Å²) in [5.41, 5.74) is 0.264. The summed E-state index contributed by atoms with van der Waals surface area (Å²) >= 11 is 0. The van der Waals surface area contributed by atoms with Crippen molar-refractivity contribution in [3.05, 3.63) is 72.6 Å². The number of carbonyl (C=O) groups excluding carboxylic acids is 1. The van der Waals surface area contributed by atoms with E-state index < -0.39 is 34.9 Å². The third-order valence-corrected chi connectivity index (χ3v) is 6.62. The molecule has 1 heterocycles. The SMILES string of the molecule is CCOc1cccc(C(=O)N(CCC(=O)O)N(C)S(=O)(=O)c2ccccc2)c1Nc1ncccn1. The van der Waals surface area contributed by atoms with Gasteiger partial charge in [-0.1, -0.05) is 24.3 Å². The Labute approximate surface area is 203 Å². The van der Waals surface area contributed by atoms with Crippen LogP contribution in [0, 0.1) is 0 Å². The van der Waals surface area contributed by atoms with Gasteiger partial charge in [0.1, 0.15) is 5.75 Å². The number of carboxylic acid groups (broad SMARTS) is 1. The van der Waals surface area contributed by atoms with Crippen molar-refractivity contribution in [3.63, 3.8) is 0 Å². The topological polar surface area (TPSA) is 142 Å². The van der Waals surface area contributed by atoms with E-state index in [-0.39, 0.29) is 22.1 Å². The van der Waals surface area contributed by atoms with Crippen LogP contribution in [0.4, 0.5) is 11.6 Å². The first kappa shape index (κ1) is 25.6. The van der Waals surface area contributed by atoms with Crippen molar-refractivity contribution in [3.8, 4) is 5.75 Å². The highest BCUT2D eigenvalue weighted by Gasteiger charge is 2.32. The Hall–Kier alpha value is -4.03. The number of carboxylic acids is 1. The fourth-order valence-electron chi connectivity index (χ4n) is 3.18. The van der Waals surface area contributed by atoms with Crippen LogP contribution in [-0.2, 0) is 14.8 Å². The fraction of sp³-hybridized carbons (Fsp3) is 0.217. The molecule has 0 aliphatic carbocycles. The van der Waals surface area contributed by atoms with E-state index >= 15 is 0 Å². The number of benzene rings is 2. The zero-order chi connectivity index (χ0) is 25.4. The van der Waals surface area contributed by atoms with E-state index in [1.807, 2.05) is 0 Å². The number of para-hydroxylation sites is 1. The third-order valence-electron chi connectivity index (χ3n) is 4.86. The molecule has 0 bridgehead atoms. The van der Waals surface area contributed by atoms with Gasteiger partial charge in [-0.25, -0.2) is 18.4 Å². The van der Waals surface area contributed by atoms with Crippen molar-refractivity contribution in [1.82, 2.24) is 19.4 Å². The van der Waals surface area contributed by atoms with Crippen molar-refractivity contribution in [2.45, 2.75) is 18.2 Å². The molecule has 0 aliphatic rings. The van der Waals surface area contributed by atoms with Gasteiger partial charge in [0.15, 0.2) is 0 Å². The number of aromatic nitrogens is 2. The molecule has 2 N–H and O–H groups in total. The normalized spacial score (nSPS) is 11.2. The Morgan fingerprint density at radius 2 is 1.71 bits per heavy atom. The lowest BCUT2D eigenvalue weighted by molar-refractivity contribution is -0.137. The van der Waals surface area contributed by atoms with Crippen molar-refractivity contribution in [2.75, 3.05) is 25.5 Å². The maximum Gasteiger partial charge on any atom is 0.305 e. The standard InChI is InChI=1S/C23H25N5O6S/c1-3-34-19-12-7-11-18(21(19)26-23-24-14-8-15-25-23)22(31)28(16-13-20(29)30)27(2)35(32,33)17-9-5-4-6-10-17/h4-12,14-15H,3,13,16H2,1-2H3,(H,29,30)(H,24,25,26). The summed E-state index contributed by atoms with van der Waals surface area (Å²) in [5, 5.41) is 13.1. The first-order valence-corrected chi connectivity index (χ1v) is 12.1. The van der Waals surface area contributed by atoms with E-state index in [4.69, 9.17) is 4.74 Å². The predicted octanol–water partition coefficient (Wildman–Crippen LogP) is 2.77. The Kier molecular flexibility index (Phi) is 8.34. The van der Waals surface area contributed by atoms with Crippen LogP contribution in [0.1, 0.15) is 23.7 Å². The van der Waals surface area contributed by atoms with Crippen molar-refractivity contribution in [1.29, 1.82) is 0 Å². The molecule has 3 rings (SSSR count). The second-order valence-electron chi connectivity index (χ2n) is 7.13. The number of nitrogens with one attached hydrogen (secondary N) is 1. The number of aliphatic carboxylic acids is 1. The Bertz CT molecular complexity index is 1270. The molecule has 12 heteroatoms. The number of sulfonamides is 1. The molecule has 35 heavy (non-hydrogen) atoms. The number of hydrazine groups is 1. The minimum atomic E-state index is -4.16. The zero-order valence-electron chi connectivity index (χ0n) is 19.2. The maximum atomic E-state index is 13.7. The molecule has 0 atom stereocenters. The van der Waals surface area contributed by atoms with E-state index in [1.54, 1.807) is 43.3 Å². The van der Waals surface area contributed by atoms with E-state index in [1.165, 1.54) is 37.6 Å². The monoisotopic (exact) mass is 499 g/mol. The summed E-state index contributed by atoms with van der Waals surface area (Å²) in [5.74, 6) is -1.44. The number of ether oxygens (including phenoxy) is 1. The number of nitrogens with zero attached hydrogens (tertiary/aromatic N) is 4. The zero-order valence-corrected chi connectivity index (χ0v) is 20.0. The second-order valence-corrected chi connectivity index (χ2v) is 9.08. The largest absolute Gasteiger partial charge is 0.492 e. The lowest BCUT2D eigenvalue weighted by Gasteiger charge is -2.31. The van der Waals surface area contributed by atoms with E-state index in [0.29, 0.717) is 12.4 Å². The molecule has 2 aromatic carbocycles. The molecule has 3 aromatic rings. The van der Waals surface area contributed by atoms with Crippen LogP contribution in [0.2, 0.25) is 0 Å². The summed E-state index contributed by atoms with van der Waals surface area (Å²) in [7, 11) is -2.97. The molecule has 11 nitrogen and oxygen atoms in total. The third kappa shape index (κ3) is 6.11. The number of hydrogen-bond donors (Lipinski definition) is 2. The lowest BCUT2D eigenvalue weighted by atomic mass is 10.1. The van der Waals surface area contributed by atoms with Crippen LogP contribution in [0.25, 0.3) is 0 Å². The smallest absolute Gasteiger partial charge is 0.305 e. The Morgan fingerprint density at radius 1 is 1.03 bits per heavy atom. The molecule has 0 fully saturated rings. The number of amides is 1. The maximum absolute atomic E-state index is 13.7. The molecule has 184 valence electrons. The highest BCUT2D eigenvalue weighted by Crippen LogP contribution is 2.32. The van der Waals surface area contributed by atoms with E-state index in [0.717, 1.165) is 9.42 Å². The minimum absolute atomic E-state index is 0.0453. The number of carbonyl (C=O) groups is 2. The van der Waals surface area contributed by atoms with E-state index in [9.17, 15) is 23.1 Å². The van der Waals surface area contributed by atoms with Gasteiger partial charge in [0.2, 0.25) is 5.95 Å². The van der Waals surface area contributed by atoms with Gasteiger partial charge in [-0.2, -0.15) is 0 Å². The second kappa shape index (κ2) is 11.4. The average molecular weight is 500 g/mol.